The van der Waals surface area contributed by atoms with Gasteiger partial charge in [0.1, 0.15) is 6.10 Å². The van der Waals surface area contributed by atoms with Crippen molar-refractivity contribution in [3.63, 3.8) is 0 Å². The topological polar surface area (TPSA) is 76.0 Å². The highest BCUT2D eigenvalue weighted by molar-refractivity contribution is 9.09. The van der Waals surface area contributed by atoms with Crippen molar-refractivity contribution in [2.45, 2.75) is 88.7 Å². The number of ether oxygens (including phenoxy) is 1. The molecule has 2 N–H and O–H groups in total. The van der Waals surface area contributed by atoms with E-state index in [1.165, 1.54) is 0 Å². The Balaban J connectivity index is 5.11. The van der Waals surface area contributed by atoms with E-state index in [1.807, 2.05) is 6.92 Å². The van der Waals surface area contributed by atoms with Crippen LogP contribution in [-0.4, -0.2) is 54.2 Å². The highest BCUT2D eigenvalue weighted by Gasteiger charge is 2.43. The van der Waals surface area contributed by atoms with Crippen LogP contribution in [0.4, 0.5) is 0 Å². The number of aliphatic hydroxyl groups is 2. The van der Waals surface area contributed by atoms with E-state index in [-0.39, 0.29) is 17.7 Å². The van der Waals surface area contributed by atoms with Crippen molar-refractivity contribution in [1.29, 1.82) is 0 Å². The molecule has 0 aromatic rings. The number of hydrogen-bond donors (Lipinski definition) is 2. The molecule has 23 heavy (non-hydrogen) atoms. The molecule has 0 aliphatic rings. The molecule has 0 unspecified atom stereocenters. The highest BCUT2D eigenvalue weighted by atomic mass is 79.9. The second-order valence-corrected chi connectivity index (χ2v) is 13.2. The van der Waals surface area contributed by atoms with E-state index in [1.54, 1.807) is 6.92 Å². The molecule has 0 saturated carbocycles. The van der Waals surface area contributed by atoms with Crippen LogP contribution < -0.4 is 0 Å². The van der Waals surface area contributed by atoms with Crippen molar-refractivity contribution >= 4 is 30.2 Å². The van der Waals surface area contributed by atoms with Crippen molar-refractivity contribution in [3.05, 3.63) is 0 Å². The Morgan fingerprint density at radius 2 is 1.74 bits per heavy atom. The summed E-state index contributed by atoms with van der Waals surface area (Å²) in [7, 11) is -2.03. The molecule has 4 atom stereocenters. The van der Waals surface area contributed by atoms with Crippen molar-refractivity contribution in [1.82, 2.24) is 0 Å². The summed E-state index contributed by atoms with van der Waals surface area (Å²) in [6, 6.07) is 0. The van der Waals surface area contributed by atoms with Gasteiger partial charge in [-0.05, 0) is 31.5 Å². The number of esters is 1. The number of carbonyl (C=O) groups excluding carboxylic acids is 1. The molecule has 0 saturated heterocycles. The fourth-order valence-electron chi connectivity index (χ4n) is 1.88. The van der Waals surface area contributed by atoms with Gasteiger partial charge in [-0.15, -0.1) is 0 Å². The minimum atomic E-state index is -2.03. The fraction of sp³-hybridized carbons (Fsp3) is 0.938. The maximum absolute atomic E-state index is 11.6. The molecule has 5 nitrogen and oxygen atoms in total. The molecular formula is C16H33BrO5Si. The zero-order valence-electron chi connectivity index (χ0n) is 15.4. The number of aliphatic hydroxyl groups excluding tert-OH is 2. The minimum absolute atomic E-state index is 0.0381. The molecule has 7 heteroatoms. The van der Waals surface area contributed by atoms with Crippen LogP contribution in [0.3, 0.4) is 0 Å². The third kappa shape index (κ3) is 6.82. The lowest BCUT2D eigenvalue weighted by Gasteiger charge is -2.41. The van der Waals surface area contributed by atoms with Crippen molar-refractivity contribution in [2.24, 2.45) is 0 Å². The molecule has 0 spiro atoms. The van der Waals surface area contributed by atoms with Crippen LogP contribution >= 0.6 is 15.9 Å². The van der Waals surface area contributed by atoms with Gasteiger partial charge in [0.2, 0.25) is 0 Å². The summed E-state index contributed by atoms with van der Waals surface area (Å²) in [5.41, 5.74) is 0. The molecule has 0 amide bonds. The number of carbonyl (C=O) groups is 1. The standard InChI is InChI=1S/C16H33BrO5Si/c1-8-10-11(22-23(6,7)16(3,4)5)12(17)13(18)14(19)15(20)21-9-2/h11-14,18-19H,8-10H2,1-7H3/t11-,12-,13-,14+/m0/s1. The van der Waals surface area contributed by atoms with Crippen LogP contribution in [0.2, 0.25) is 18.1 Å². The lowest BCUT2D eigenvalue weighted by Crippen LogP contribution is -2.51. The van der Waals surface area contributed by atoms with E-state index in [4.69, 9.17) is 9.16 Å². The summed E-state index contributed by atoms with van der Waals surface area (Å²) in [6.45, 7) is 14.6. The Bertz CT molecular complexity index is 370. The Hall–Kier alpha value is 0.0469. The van der Waals surface area contributed by atoms with E-state index in [2.05, 4.69) is 49.8 Å². The molecule has 0 heterocycles. The Labute approximate surface area is 150 Å². The van der Waals surface area contributed by atoms with E-state index >= 15 is 0 Å². The van der Waals surface area contributed by atoms with Crippen molar-refractivity contribution in [2.75, 3.05) is 6.61 Å². The second-order valence-electron chi connectivity index (χ2n) is 7.34. The lowest BCUT2D eigenvalue weighted by atomic mass is 10.0. The maximum Gasteiger partial charge on any atom is 0.337 e. The van der Waals surface area contributed by atoms with Gasteiger partial charge < -0.3 is 19.4 Å². The zero-order valence-corrected chi connectivity index (χ0v) is 18.0. The van der Waals surface area contributed by atoms with Gasteiger partial charge in [0.15, 0.2) is 14.4 Å². The Morgan fingerprint density at radius 1 is 1.22 bits per heavy atom. The summed E-state index contributed by atoms with van der Waals surface area (Å²) in [5, 5.41) is 20.3. The molecule has 0 aliphatic heterocycles. The molecule has 138 valence electrons. The average Bonchev–Trinajstić information content (AvgIpc) is 2.43. The first-order chi connectivity index (χ1) is 10.4. The maximum atomic E-state index is 11.6. The molecule has 0 aromatic carbocycles. The van der Waals surface area contributed by atoms with Crippen LogP contribution in [0.5, 0.6) is 0 Å². The van der Waals surface area contributed by atoms with Crippen LogP contribution in [-0.2, 0) is 14.0 Å². The quantitative estimate of drug-likeness (QED) is 0.345. The summed E-state index contributed by atoms with van der Waals surface area (Å²) >= 11 is 3.43. The predicted octanol–water partition coefficient (Wildman–Crippen LogP) is 3.23. The first kappa shape index (κ1) is 23.0. The van der Waals surface area contributed by atoms with Crippen LogP contribution in [0.25, 0.3) is 0 Å². The van der Waals surface area contributed by atoms with Gasteiger partial charge in [0, 0.05) is 0 Å². The summed E-state index contributed by atoms with van der Waals surface area (Å²) in [4.78, 5) is 11.1. The Kier molecular flexibility index (Phi) is 9.53. The third-order valence-corrected chi connectivity index (χ3v) is 9.99. The van der Waals surface area contributed by atoms with Gasteiger partial charge >= 0.3 is 5.97 Å². The van der Waals surface area contributed by atoms with Gasteiger partial charge in [-0.2, -0.15) is 0 Å². The number of rotatable bonds is 9. The van der Waals surface area contributed by atoms with Gasteiger partial charge in [-0.25, -0.2) is 4.79 Å². The Morgan fingerprint density at radius 3 is 2.13 bits per heavy atom. The molecule has 0 bridgehead atoms. The SMILES string of the molecule is CCC[C@H](O[Si](C)(C)C(C)(C)C)[C@H](Br)[C@H](O)[C@@H](O)C(=O)OCC. The average molecular weight is 413 g/mol. The molecule has 0 fully saturated rings. The van der Waals surface area contributed by atoms with Gasteiger partial charge in [-0.1, -0.05) is 50.0 Å². The van der Waals surface area contributed by atoms with Crippen molar-refractivity contribution < 1.29 is 24.2 Å². The van der Waals surface area contributed by atoms with Crippen molar-refractivity contribution in [3.8, 4) is 0 Å². The number of halogens is 1. The summed E-state index contributed by atoms with van der Waals surface area (Å²) in [5.74, 6) is -0.813. The van der Waals surface area contributed by atoms with E-state index in [0.717, 1.165) is 12.8 Å². The molecule has 0 aromatic heterocycles. The second kappa shape index (κ2) is 9.51. The monoisotopic (exact) mass is 412 g/mol. The summed E-state index contributed by atoms with van der Waals surface area (Å²) in [6.07, 6.45) is -1.53. The fourth-order valence-corrected chi connectivity index (χ4v) is 4.12. The van der Waals surface area contributed by atoms with E-state index in [9.17, 15) is 15.0 Å². The number of hydrogen-bond acceptors (Lipinski definition) is 5. The summed E-state index contributed by atoms with van der Waals surface area (Å²) < 4.78 is 11.2. The van der Waals surface area contributed by atoms with Crippen LogP contribution in [0, 0.1) is 0 Å². The van der Waals surface area contributed by atoms with Gasteiger partial charge in [0.05, 0.1) is 17.5 Å². The molecular weight excluding hydrogens is 380 g/mol. The van der Waals surface area contributed by atoms with Crippen LogP contribution in [0.1, 0.15) is 47.5 Å². The number of alkyl halides is 1. The van der Waals surface area contributed by atoms with Gasteiger partial charge in [-0.3, -0.25) is 0 Å². The minimum Gasteiger partial charge on any atom is -0.464 e. The third-order valence-electron chi connectivity index (χ3n) is 4.36. The molecule has 0 radical (unpaired) electrons. The first-order valence-electron chi connectivity index (χ1n) is 8.23. The van der Waals surface area contributed by atoms with E-state index in [0.29, 0.717) is 0 Å². The smallest absolute Gasteiger partial charge is 0.337 e. The largest absolute Gasteiger partial charge is 0.464 e. The molecule has 0 aliphatic carbocycles. The molecule has 0 rings (SSSR count). The van der Waals surface area contributed by atoms with Gasteiger partial charge in [0.25, 0.3) is 0 Å². The first-order valence-corrected chi connectivity index (χ1v) is 12.1. The zero-order chi connectivity index (χ0) is 18.4. The normalized spacial score (nSPS) is 18.2. The lowest BCUT2D eigenvalue weighted by molar-refractivity contribution is -0.159. The predicted molar refractivity (Wildman–Crippen MR) is 98.3 cm³/mol. The highest BCUT2D eigenvalue weighted by Crippen LogP contribution is 2.39. The van der Waals surface area contributed by atoms with E-state index < -0.39 is 31.3 Å². The van der Waals surface area contributed by atoms with Crippen LogP contribution in [0.15, 0.2) is 0 Å².